The number of tetrazole rings is 1. The highest BCUT2D eigenvalue weighted by atomic mass is 32.2. The van der Waals surface area contributed by atoms with Crippen molar-refractivity contribution in [1.29, 1.82) is 0 Å². The SMILES string of the molecule is Nc1nc2c(-c3ccc(S(=O)(=O)NC[C@]4(F)CCCNC4)c(S(N)(=O)=O)c3-c3nnn[nH]3)cccc2s1. The monoisotopic (exact) mass is 567 g/mol. The molecule has 196 valence electrons. The van der Waals surface area contributed by atoms with Crippen molar-refractivity contribution < 1.29 is 21.2 Å². The number of nitrogen functional groups attached to an aromatic ring is 1. The number of primary sulfonamides is 1. The van der Waals surface area contributed by atoms with Crippen molar-refractivity contribution in [1.82, 2.24) is 35.6 Å². The van der Waals surface area contributed by atoms with Gasteiger partial charge in [-0.15, -0.1) is 5.10 Å². The number of sulfonamides is 2. The van der Waals surface area contributed by atoms with E-state index in [2.05, 4.69) is 35.6 Å². The zero-order chi connectivity index (χ0) is 26.4. The van der Waals surface area contributed by atoms with Crippen molar-refractivity contribution in [2.24, 2.45) is 5.14 Å². The van der Waals surface area contributed by atoms with Gasteiger partial charge < -0.3 is 11.1 Å². The number of rotatable bonds is 7. The van der Waals surface area contributed by atoms with Crippen LogP contribution in [0.1, 0.15) is 12.8 Å². The Kier molecular flexibility index (Phi) is 6.45. The molecule has 3 heterocycles. The Morgan fingerprint density at radius 3 is 2.65 bits per heavy atom. The zero-order valence-electron chi connectivity index (χ0n) is 19.1. The lowest BCUT2D eigenvalue weighted by Crippen LogP contribution is -2.49. The number of nitrogens with zero attached hydrogens (tertiary/aromatic N) is 4. The van der Waals surface area contributed by atoms with Gasteiger partial charge in [0.1, 0.15) is 15.5 Å². The molecule has 0 amide bonds. The van der Waals surface area contributed by atoms with Crippen molar-refractivity contribution >= 4 is 46.7 Å². The number of hydrogen-bond acceptors (Lipinski definition) is 11. The fraction of sp³-hybridized carbons (Fsp3) is 0.300. The molecule has 1 aliphatic rings. The van der Waals surface area contributed by atoms with Crippen molar-refractivity contribution in [3.63, 3.8) is 0 Å². The lowest BCUT2D eigenvalue weighted by molar-refractivity contribution is 0.127. The summed E-state index contributed by atoms with van der Waals surface area (Å²) in [5.74, 6) is -0.144. The van der Waals surface area contributed by atoms with E-state index >= 15 is 4.39 Å². The van der Waals surface area contributed by atoms with Crippen LogP contribution in [-0.4, -0.2) is 67.7 Å². The highest BCUT2D eigenvalue weighted by Crippen LogP contribution is 2.42. The van der Waals surface area contributed by atoms with E-state index in [1.807, 2.05) is 0 Å². The minimum atomic E-state index is -4.69. The molecule has 0 saturated carbocycles. The second kappa shape index (κ2) is 9.34. The smallest absolute Gasteiger partial charge is 0.242 e. The summed E-state index contributed by atoms with van der Waals surface area (Å²) in [6, 6.07) is 7.69. The van der Waals surface area contributed by atoms with Crippen LogP contribution in [0.4, 0.5) is 9.52 Å². The average Bonchev–Trinajstić information content (AvgIpc) is 3.51. The molecule has 0 unspecified atom stereocenters. The van der Waals surface area contributed by atoms with Gasteiger partial charge in [-0.25, -0.2) is 41.2 Å². The van der Waals surface area contributed by atoms with E-state index in [0.717, 1.165) is 10.8 Å². The summed E-state index contributed by atoms with van der Waals surface area (Å²) in [6.45, 7) is 0.0401. The summed E-state index contributed by atoms with van der Waals surface area (Å²) >= 11 is 1.23. The number of benzene rings is 2. The molecule has 1 aliphatic heterocycles. The predicted octanol–water partition coefficient (Wildman–Crippen LogP) is 0.743. The maximum absolute atomic E-state index is 15.1. The first-order valence-electron chi connectivity index (χ1n) is 11.0. The Morgan fingerprint density at radius 1 is 1.16 bits per heavy atom. The van der Waals surface area contributed by atoms with Crippen LogP contribution in [0.2, 0.25) is 0 Å². The van der Waals surface area contributed by atoms with Gasteiger partial charge in [-0.2, -0.15) is 0 Å². The van der Waals surface area contributed by atoms with E-state index in [-0.39, 0.29) is 35.0 Å². The fourth-order valence-corrected chi connectivity index (χ4v) is 7.83. The van der Waals surface area contributed by atoms with Crippen LogP contribution >= 0.6 is 11.3 Å². The molecular weight excluding hydrogens is 545 g/mol. The highest BCUT2D eigenvalue weighted by Gasteiger charge is 2.36. The predicted molar refractivity (Wildman–Crippen MR) is 135 cm³/mol. The number of alkyl halides is 1. The van der Waals surface area contributed by atoms with Crippen LogP contribution in [0.3, 0.4) is 0 Å². The van der Waals surface area contributed by atoms with Crippen molar-refractivity contribution in [2.45, 2.75) is 28.3 Å². The van der Waals surface area contributed by atoms with E-state index in [0.29, 0.717) is 24.0 Å². The minimum absolute atomic E-state index is 0.0355. The van der Waals surface area contributed by atoms with Crippen LogP contribution < -0.4 is 20.9 Å². The lowest BCUT2D eigenvalue weighted by atomic mass is 9.97. The lowest BCUT2D eigenvalue weighted by Gasteiger charge is -2.30. The largest absolute Gasteiger partial charge is 0.375 e. The quantitative estimate of drug-likeness (QED) is 0.211. The zero-order valence-corrected chi connectivity index (χ0v) is 21.6. The molecular formula is C20H22FN9O4S3. The topological polar surface area (TPSA) is 212 Å². The Hall–Kier alpha value is -3.09. The first-order chi connectivity index (χ1) is 17.5. The van der Waals surface area contributed by atoms with Crippen LogP contribution in [0.25, 0.3) is 32.7 Å². The molecule has 0 spiro atoms. The molecule has 2 aromatic heterocycles. The van der Waals surface area contributed by atoms with Gasteiger partial charge in [-0.1, -0.05) is 29.5 Å². The van der Waals surface area contributed by atoms with E-state index < -0.39 is 42.1 Å². The summed E-state index contributed by atoms with van der Waals surface area (Å²) in [4.78, 5) is 2.93. The van der Waals surface area contributed by atoms with Crippen LogP contribution in [0.5, 0.6) is 0 Å². The standard InChI is InChI=1S/C20H22FN9O4S3/c21-20(7-2-8-24-9-20)10-25-37(33,34)14-6-5-11(12-3-1-4-13-16(12)26-19(22)35-13)15(17(14)36(23,31)32)18-27-29-30-28-18/h1,3-6,24-25H,2,7-10H2,(H2,22,26)(H2,23,31,32)(H,27,28,29,30)/t20-/m0/s1. The Balaban J connectivity index is 1.72. The van der Waals surface area contributed by atoms with Crippen molar-refractivity contribution in [2.75, 3.05) is 25.4 Å². The number of aromatic nitrogens is 5. The van der Waals surface area contributed by atoms with Gasteiger partial charge >= 0.3 is 0 Å². The van der Waals surface area contributed by atoms with Crippen molar-refractivity contribution in [3.05, 3.63) is 30.3 Å². The number of fused-ring (bicyclic) bond motifs is 1. The number of nitrogens with one attached hydrogen (secondary N) is 3. The summed E-state index contributed by atoms with van der Waals surface area (Å²) in [7, 11) is -9.25. The Labute approximate surface area is 215 Å². The van der Waals surface area contributed by atoms with Gasteiger partial charge in [0.05, 0.1) is 15.8 Å². The molecule has 13 nitrogen and oxygen atoms in total. The van der Waals surface area contributed by atoms with Crippen LogP contribution in [0.15, 0.2) is 40.1 Å². The molecule has 1 saturated heterocycles. The number of aromatic amines is 1. The molecule has 0 radical (unpaired) electrons. The van der Waals surface area contributed by atoms with E-state index in [1.165, 1.54) is 17.4 Å². The number of hydrogen-bond donors (Lipinski definition) is 5. The second-order valence-corrected chi connectivity index (χ2v) is 12.9. The molecule has 0 aliphatic carbocycles. The Morgan fingerprint density at radius 2 is 1.97 bits per heavy atom. The fourth-order valence-electron chi connectivity index (χ4n) is 4.35. The molecule has 2 aromatic carbocycles. The van der Waals surface area contributed by atoms with Gasteiger partial charge in [0.25, 0.3) is 0 Å². The molecule has 1 atom stereocenters. The molecule has 5 rings (SSSR count). The first-order valence-corrected chi connectivity index (χ1v) is 14.8. The molecule has 7 N–H and O–H groups in total. The van der Waals surface area contributed by atoms with E-state index in [1.54, 1.807) is 18.2 Å². The Bertz CT molecular complexity index is 1680. The molecule has 1 fully saturated rings. The van der Waals surface area contributed by atoms with Gasteiger partial charge in [0.2, 0.25) is 20.0 Å². The third-order valence-corrected chi connectivity index (χ3v) is 9.42. The van der Waals surface area contributed by atoms with Crippen LogP contribution in [0, 0.1) is 0 Å². The van der Waals surface area contributed by atoms with Gasteiger partial charge in [0.15, 0.2) is 11.0 Å². The number of nitrogens with two attached hydrogens (primary N) is 2. The number of piperidine rings is 1. The van der Waals surface area contributed by atoms with Crippen molar-refractivity contribution in [3.8, 4) is 22.5 Å². The summed E-state index contributed by atoms with van der Waals surface area (Å²) < 4.78 is 70.6. The first kappa shape index (κ1) is 25.6. The summed E-state index contributed by atoms with van der Waals surface area (Å²) in [5, 5.41) is 22.1. The highest BCUT2D eigenvalue weighted by molar-refractivity contribution is 7.92. The normalized spacial score (nSPS) is 18.9. The van der Waals surface area contributed by atoms with Gasteiger partial charge in [-0.05, 0) is 47.5 Å². The number of halogens is 1. The molecule has 17 heteroatoms. The number of anilines is 1. The number of thiazole rings is 1. The second-order valence-electron chi connectivity index (χ2n) is 8.57. The van der Waals surface area contributed by atoms with Gasteiger partial charge in [0, 0.05) is 18.7 Å². The van der Waals surface area contributed by atoms with E-state index in [4.69, 9.17) is 10.9 Å². The maximum Gasteiger partial charge on any atom is 0.242 e. The number of H-pyrrole nitrogens is 1. The third-order valence-electron chi connectivity index (χ3n) is 6.00. The number of para-hydroxylation sites is 1. The molecule has 0 bridgehead atoms. The molecule has 37 heavy (non-hydrogen) atoms. The third kappa shape index (κ3) is 4.92. The molecule has 4 aromatic rings. The van der Waals surface area contributed by atoms with Gasteiger partial charge in [-0.3, -0.25) is 0 Å². The average molecular weight is 568 g/mol. The summed E-state index contributed by atoms with van der Waals surface area (Å²) in [6.07, 6.45) is 0.684. The minimum Gasteiger partial charge on any atom is -0.375 e. The van der Waals surface area contributed by atoms with Crippen LogP contribution in [-0.2, 0) is 20.0 Å². The maximum atomic E-state index is 15.1. The summed E-state index contributed by atoms with van der Waals surface area (Å²) in [5.41, 5.74) is 5.05. The van der Waals surface area contributed by atoms with E-state index in [9.17, 15) is 16.8 Å².